The third-order valence-corrected chi connectivity index (χ3v) is 5.39. The molecule has 0 saturated carbocycles. The summed E-state index contributed by atoms with van der Waals surface area (Å²) < 4.78 is 32.8. The fourth-order valence-corrected chi connectivity index (χ4v) is 3.61. The molecule has 8 nitrogen and oxygen atoms in total. The molecule has 0 aromatic heterocycles. The fourth-order valence-electron chi connectivity index (χ4n) is 3.48. The van der Waals surface area contributed by atoms with E-state index in [1.807, 2.05) is 0 Å². The number of urea groups is 2. The lowest BCUT2D eigenvalue weighted by Crippen LogP contribution is -2.52. The van der Waals surface area contributed by atoms with Gasteiger partial charge in [0.05, 0.1) is 24.4 Å². The Morgan fingerprint density at radius 3 is 2.55 bits per heavy atom. The van der Waals surface area contributed by atoms with E-state index in [-0.39, 0.29) is 24.4 Å². The van der Waals surface area contributed by atoms with Gasteiger partial charge in [0.2, 0.25) is 0 Å². The van der Waals surface area contributed by atoms with Crippen molar-refractivity contribution in [1.82, 2.24) is 10.6 Å². The second-order valence-electron chi connectivity index (χ2n) is 7.56. The standard InChI is InChI=1S/C22H25ClF2N4O4/c23-13-1-4-15(5-2-13)27-21(31)26-10-9-16-6-8-18(20(12-30)33-16)28-22(32)29-19-11-14(24)3-7-17(19)25/h1-5,7,11,16,18,20,30H,6,8-10,12H2,(H2,26,27,31)(H2,28,29,32)/t16-,18+,20+/m0/s1. The summed E-state index contributed by atoms with van der Waals surface area (Å²) >= 11 is 5.81. The number of anilines is 2. The quantitative estimate of drug-likeness (QED) is 0.412. The van der Waals surface area contributed by atoms with Gasteiger partial charge in [-0.05, 0) is 55.7 Å². The molecule has 4 amide bonds. The minimum Gasteiger partial charge on any atom is -0.394 e. The van der Waals surface area contributed by atoms with Crippen LogP contribution in [0.15, 0.2) is 42.5 Å². The van der Waals surface area contributed by atoms with Crippen LogP contribution in [0, 0.1) is 11.6 Å². The Morgan fingerprint density at radius 1 is 1.06 bits per heavy atom. The average Bonchev–Trinajstić information content (AvgIpc) is 2.78. The lowest BCUT2D eigenvalue weighted by molar-refractivity contribution is -0.0885. The number of carbonyl (C=O) groups excluding carboxylic acids is 2. The largest absolute Gasteiger partial charge is 0.394 e. The van der Waals surface area contributed by atoms with Crippen LogP contribution >= 0.6 is 11.6 Å². The van der Waals surface area contributed by atoms with Crippen LogP contribution < -0.4 is 21.3 Å². The molecule has 2 aromatic rings. The smallest absolute Gasteiger partial charge is 0.319 e. The molecule has 0 spiro atoms. The molecule has 1 fully saturated rings. The highest BCUT2D eigenvalue weighted by molar-refractivity contribution is 6.30. The summed E-state index contributed by atoms with van der Waals surface area (Å²) in [6.45, 7) is 0.0138. The molecule has 0 aliphatic carbocycles. The molecule has 1 aliphatic heterocycles. The Bertz CT molecular complexity index is 964. The number of aliphatic hydroxyl groups is 1. The molecule has 1 aliphatic rings. The first-order valence-corrected chi connectivity index (χ1v) is 10.8. The highest BCUT2D eigenvalue weighted by atomic mass is 35.5. The molecule has 2 aromatic carbocycles. The zero-order chi connectivity index (χ0) is 23.8. The Balaban J connectivity index is 1.41. The number of halogens is 3. The summed E-state index contributed by atoms with van der Waals surface area (Å²) in [5.41, 5.74) is 0.321. The summed E-state index contributed by atoms with van der Waals surface area (Å²) in [5, 5.41) is 20.5. The number of ether oxygens (including phenoxy) is 1. The molecule has 11 heteroatoms. The number of carbonyl (C=O) groups is 2. The molecule has 3 rings (SSSR count). The minimum atomic E-state index is -0.766. The van der Waals surface area contributed by atoms with Gasteiger partial charge in [-0.2, -0.15) is 0 Å². The Kier molecular flexibility index (Phi) is 8.81. The normalized spacial score (nSPS) is 20.1. The molecule has 1 heterocycles. The van der Waals surface area contributed by atoms with Gasteiger partial charge < -0.3 is 31.1 Å². The first-order chi connectivity index (χ1) is 15.8. The summed E-state index contributed by atoms with van der Waals surface area (Å²) in [4.78, 5) is 24.2. The van der Waals surface area contributed by atoms with E-state index in [0.717, 1.165) is 18.2 Å². The average molecular weight is 483 g/mol. The Labute approximate surface area is 194 Å². The van der Waals surface area contributed by atoms with Gasteiger partial charge in [0.25, 0.3) is 0 Å². The molecule has 0 unspecified atom stereocenters. The molecule has 0 bridgehead atoms. The molecule has 5 N–H and O–H groups in total. The fraction of sp³-hybridized carbons (Fsp3) is 0.364. The molecule has 33 heavy (non-hydrogen) atoms. The molecular weight excluding hydrogens is 458 g/mol. The van der Waals surface area contributed by atoms with Crippen molar-refractivity contribution in [3.8, 4) is 0 Å². The maximum Gasteiger partial charge on any atom is 0.319 e. The van der Waals surface area contributed by atoms with E-state index < -0.39 is 29.8 Å². The van der Waals surface area contributed by atoms with E-state index in [2.05, 4.69) is 21.3 Å². The van der Waals surface area contributed by atoms with Crippen molar-refractivity contribution in [2.75, 3.05) is 23.8 Å². The van der Waals surface area contributed by atoms with E-state index in [1.54, 1.807) is 24.3 Å². The number of hydrogen-bond donors (Lipinski definition) is 5. The Hall–Kier alpha value is -2.95. The lowest BCUT2D eigenvalue weighted by Gasteiger charge is -2.36. The third kappa shape index (κ3) is 7.55. The number of benzene rings is 2. The van der Waals surface area contributed by atoms with Gasteiger partial charge in [-0.25, -0.2) is 18.4 Å². The summed E-state index contributed by atoms with van der Waals surface area (Å²) in [7, 11) is 0. The van der Waals surface area contributed by atoms with Gasteiger partial charge in [0.15, 0.2) is 0 Å². The number of hydrogen-bond acceptors (Lipinski definition) is 4. The van der Waals surface area contributed by atoms with Gasteiger partial charge in [0.1, 0.15) is 17.7 Å². The highest BCUT2D eigenvalue weighted by Crippen LogP contribution is 2.22. The van der Waals surface area contributed by atoms with Crippen LogP contribution in [0.3, 0.4) is 0 Å². The van der Waals surface area contributed by atoms with Gasteiger partial charge in [0, 0.05) is 23.3 Å². The molecule has 178 valence electrons. The van der Waals surface area contributed by atoms with Crippen molar-refractivity contribution in [1.29, 1.82) is 0 Å². The molecule has 0 radical (unpaired) electrons. The second kappa shape index (κ2) is 11.8. The van der Waals surface area contributed by atoms with E-state index in [4.69, 9.17) is 16.3 Å². The monoisotopic (exact) mass is 482 g/mol. The SMILES string of the molecule is O=C(NCC[C@@H]1CC[C@@H](NC(=O)Nc2cc(F)ccc2F)[C@@H](CO)O1)Nc1ccc(Cl)cc1. The van der Waals surface area contributed by atoms with Crippen molar-refractivity contribution in [3.63, 3.8) is 0 Å². The number of rotatable bonds is 7. The lowest BCUT2D eigenvalue weighted by atomic mass is 9.97. The number of nitrogens with one attached hydrogen (secondary N) is 4. The molecular formula is C22H25ClF2N4O4. The maximum absolute atomic E-state index is 13.7. The maximum atomic E-state index is 13.7. The van der Waals surface area contributed by atoms with Crippen molar-refractivity contribution in [3.05, 3.63) is 59.1 Å². The van der Waals surface area contributed by atoms with Crippen LogP contribution in [0.25, 0.3) is 0 Å². The van der Waals surface area contributed by atoms with Crippen molar-refractivity contribution >= 4 is 35.0 Å². The summed E-state index contributed by atoms with van der Waals surface area (Å²) in [5.74, 6) is -1.45. The van der Waals surface area contributed by atoms with Crippen molar-refractivity contribution in [2.24, 2.45) is 0 Å². The van der Waals surface area contributed by atoms with Crippen LogP contribution in [0.5, 0.6) is 0 Å². The topological polar surface area (TPSA) is 112 Å². The van der Waals surface area contributed by atoms with Crippen LogP contribution in [-0.2, 0) is 4.74 Å². The van der Waals surface area contributed by atoms with Crippen LogP contribution in [0.1, 0.15) is 19.3 Å². The number of amides is 4. The van der Waals surface area contributed by atoms with Crippen molar-refractivity contribution < 1.29 is 28.2 Å². The number of aliphatic hydroxyl groups excluding tert-OH is 1. The van der Waals surface area contributed by atoms with E-state index >= 15 is 0 Å². The second-order valence-corrected chi connectivity index (χ2v) is 8.00. The zero-order valence-electron chi connectivity index (χ0n) is 17.6. The molecule has 3 atom stereocenters. The van der Waals surface area contributed by atoms with E-state index in [9.17, 15) is 23.5 Å². The van der Waals surface area contributed by atoms with Crippen LogP contribution in [0.2, 0.25) is 5.02 Å². The van der Waals surface area contributed by atoms with Gasteiger partial charge in [-0.15, -0.1) is 0 Å². The predicted molar refractivity (Wildman–Crippen MR) is 120 cm³/mol. The first kappa shape index (κ1) is 24.7. The van der Waals surface area contributed by atoms with Gasteiger partial charge in [-0.3, -0.25) is 0 Å². The molecule has 1 saturated heterocycles. The van der Waals surface area contributed by atoms with Crippen LogP contribution in [-0.4, -0.2) is 48.6 Å². The third-order valence-electron chi connectivity index (χ3n) is 5.14. The van der Waals surface area contributed by atoms with Gasteiger partial charge >= 0.3 is 12.1 Å². The highest BCUT2D eigenvalue weighted by Gasteiger charge is 2.32. The van der Waals surface area contributed by atoms with Crippen molar-refractivity contribution in [2.45, 2.75) is 37.5 Å². The van der Waals surface area contributed by atoms with E-state index in [1.165, 1.54) is 0 Å². The van der Waals surface area contributed by atoms with Gasteiger partial charge in [-0.1, -0.05) is 11.6 Å². The zero-order valence-corrected chi connectivity index (χ0v) is 18.4. The summed E-state index contributed by atoms with van der Waals surface area (Å²) in [6, 6.07) is 7.84. The Morgan fingerprint density at radius 2 is 1.82 bits per heavy atom. The summed E-state index contributed by atoms with van der Waals surface area (Å²) in [6.07, 6.45) is 0.703. The predicted octanol–water partition coefficient (Wildman–Crippen LogP) is 3.86. The minimum absolute atomic E-state index is 0.222. The first-order valence-electron chi connectivity index (χ1n) is 10.4. The van der Waals surface area contributed by atoms with Crippen LogP contribution in [0.4, 0.5) is 29.7 Å². The van der Waals surface area contributed by atoms with E-state index in [0.29, 0.717) is 36.5 Å².